The maximum atomic E-state index is 11.0. The molecule has 1 aromatic carbocycles. The number of amides is 1. The number of ether oxygens (including phenoxy) is 2. The van der Waals surface area contributed by atoms with Gasteiger partial charge in [0.2, 0.25) is 0 Å². The van der Waals surface area contributed by atoms with Gasteiger partial charge in [-0.1, -0.05) is 11.6 Å². The van der Waals surface area contributed by atoms with Crippen molar-refractivity contribution in [1.82, 2.24) is 0 Å². The SMILES string of the molecule is NC(=O)COC(=O)COc1ccc(Cl)cc1. The highest BCUT2D eigenvalue weighted by atomic mass is 35.5. The lowest BCUT2D eigenvalue weighted by Crippen LogP contribution is -2.23. The van der Waals surface area contributed by atoms with Gasteiger partial charge in [-0.05, 0) is 24.3 Å². The van der Waals surface area contributed by atoms with Crippen molar-refractivity contribution in [2.24, 2.45) is 5.73 Å². The first-order chi connectivity index (χ1) is 7.58. The number of hydrogen-bond donors (Lipinski definition) is 1. The Morgan fingerprint density at radius 3 is 2.38 bits per heavy atom. The van der Waals surface area contributed by atoms with Gasteiger partial charge in [0.1, 0.15) is 5.75 Å². The molecule has 5 nitrogen and oxygen atoms in total. The van der Waals surface area contributed by atoms with Crippen LogP contribution in [0.4, 0.5) is 0 Å². The molecule has 0 heterocycles. The average molecular weight is 244 g/mol. The summed E-state index contributed by atoms with van der Waals surface area (Å²) in [4.78, 5) is 21.3. The predicted octanol–water partition coefficient (Wildman–Crippen LogP) is 0.747. The van der Waals surface area contributed by atoms with Crippen molar-refractivity contribution in [2.75, 3.05) is 13.2 Å². The summed E-state index contributed by atoms with van der Waals surface area (Å²) in [5, 5.41) is 0.573. The molecule has 0 aliphatic carbocycles. The summed E-state index contributed by atoms with van der Waals surface area (Å²) in [6, 6.07) is 6.49. The van der Waals surface area contributed by atoms with Gasteiger partial charge < -0.3 is 15.2 Å². The fourth-order valence-corrected chi connectivity index (χ4v) is 0.992. The fourth-order valence-electron chi connectivity index (χ4n) is 0.866. The highest BCUT2D eigenvalue weighted by Crippen LogP contribution is 2.15. The lowest BCUT2D eigenvalue weighted by molar-refractivity contribution is -0.149. The number of benzene rings is 1. The van der Waals surface area contributed by atoms with E-state index < -0.39 is 18.5 Å². The first kappa shape index (κ1) is 12.3. The Labute approximate surface area is 97.1 Å². The number of esters is 1. The molecule has 0 fully saturated rings. The van der Waals surface area contributed by atoms with Crippen LogP contribution in [0.25, 0.3) is 0 Å². The number of rotatable bonds is 5. The summed E-state index contributed by atoms with van der Waals surface area (Å²) in [7, 11) is 0. The number of halogens is 1. The monoisotopic (exact) mass is 243 g/mol. The van der Waals surface area contributed by atoms with Gasteiger partial charge in [0.05, 0.1) is 0 Å². The van der Waals surface area contributed by atoms with Crippen LogP contribution in [0.15, 0.2) is 24.3 Å². The number of nitrogens with two attached hydrogens (primary N) is 1. The molecular formula is C10H10ClNO4. The topological polar surface area (TPSA) is 78.6 Å². The van der Waals surface area contributed by atoms with Crippen LogP contribution in [0.5, 0.6) is 5.75 Å². The Morgan fingerprint density at radius 1 is 1.19 bits per heavy atom. The van der Waals surface area contributed by atoms with Crippen LogP contribution in [-0.2, 0) is 14.3 Å². The Morgan fingerprint density at radius 2 is 1.81 bits per heavy atom. The minimum absolute atomic E-state index is 0.283. The maximum Gasteiger partial charge on any atom is 0.344 e. The zero-order chi connectivity index (χ0) is 12.0. The van der Waals surface area contributed by atoms with E-state index in [0.717, 1.165) is 0 Å². The molecule has 0 bridgehead atoms. The normalized spacial score (nSPS) is 9.56. The zero-order valence-electron chi connectivity index (χ0n) is 8.31. The summed E-state index contributed by atoms with van der Waals surface area (Å²) in [5.41, 5.74) is 4.79. The van der Waals surface area contributed by atoms with Crippen LogP contribution in [-0.4, -0.2) is 25.1 Å². The van der Waals surface area contributed by atoms with Crippen LogP contribution in [0.2, 0.25) is 5.02 Å². The van der Waals surface area contributed by atoms with Gasteiger partial charge in [-0.3, -0.25) is 4.79 Å². The molecule has 0 aliphatic rings. The van der Waals surface area contributed by atoms with Crippen molar-refractivity contribution in [3.8, 4) is 5.75 Å². The average Bonchev–Trinajstić information content (AvgIpc) is 2.25. The van der Waals surface area contributed by atoms with Crippen LogP contribution in [0.1, 0.15) is 0 Å². The molecule has 0 saturated heterocycles. The van der Waals surface area contributed by atoms with Gasteiger partial charge >= 0.3 is 5.97 Å². The third-order valence-corrected chi connectivity index (χ3v) is 1.80. The van der Waals surface area contributed by atoms with Crippen LogP contribution in [0.3, 0.4) is 0 Å². The molecule has 16 heavy (non-hydrogen) atoms. The Balaban J connectivity index is 2.31. The molecule has 0 aliphatic heterocycles. The van der Waals surface area contributed by atoms with Crippen molar-refractivity contribution >= 4 is 23.5 Å². The highest BCUT2D eigenvalue weighted by Gasteiger charge is 2.05. The van der Waals surface area contributed by atoms with Crippen molar-refractivity contribution < 1.29 is 19.1 Å². The Bertz CT molecular complexity index is 377. The fraction of sp³-hybridized carbons (Fsp3) is 0.200. The van der Waals surface area contributed by atoms with E-state index in [1.165, 1.54) is 0 Å². The predicted molar refractivity (Wildman–Crippen MR) is 57.1 cm³/mol. The molecule has 0 atom stereocenters. The largest absolute Gasteiger partial charge is 0.482 e. The minimum atomic E-state index is -0.708. The number of primary amides is 1. The van der Waals surface area contributed by atoms with Crippen molar-refractivity contribution in [2.45, 2.75) is 0 Å². The number of carbonyl (C=O) groups excluding carboxylic acids is 2. The van der Waals surface area contributed by atoms with Gasteiger partial charge in [0.15, 0.2) is 13.2 Å². The van der Waals surface area contributed by atoms with Gasteiger partial charge in [-0.2, -0.15) is 0 Å². The second kappa shape index (κ2) is 5.97. The Kier molecular flexibility index (Phi) is 4.60. The van der Waals surface area contributed by atoms with Gasteiger partial charge in [0.25, 0.3) is 5.91 Å². The van der Waals surface area contributed by atoms with Crippen LogP contribution in [0, 0.1) is 0 Å². The first-order valence-corrected chi connectivity index (χ1v) is 4.78. The second-order valence-corrected chi connectivity index (χ2v) is 3.31. The second-order valence-electron chi connectivity index (χ2n) is 2.87. The molecule has 0 spiro atoms. The van der Waals surface area contributed by atoms with E-state index in [1.807, 2.05) is 0 Å². The summed E-state index contributed by atoms with van der Waals surface area (Å²) < 4.78 is 9.55. The molecule has 1 rings (SSSR count). The summed E-state index contributed by atoms with van der Waals surface area (Å²) >= 11 is 5.66. The van der Waals surface area contributed by atoms with E-state index in [0.29, 0.717) is 10.8 Å². The number of carbonyl (C=O) groups is 2. The molecule has 0 aromatic heterocycles. The third-order valence-electron chi connectivity index (χ3n) is 1.55. The quantitative estimate of drug-likeness (QED) is 0.774. The lowest BCUT2D eigenvalue weighted by Gasteiger charge is -2.05. The molecule has 0 unspecified atom stereocenters. The van der Waals surface area contributed by atoms with E-state index in [1.54, 1.807) is 24.3 Å². The standard InChI is InChI=1S/C10H10ClNO4/c11-7-1-3-8(4-2-7)15-6-10(14)16-5-9(12)13/h1-4H,5-6H2,(H2,12,13). The minimum Gasteiger partial charge on any atom is -0.482 e. The highest BCUT2D eigenvalue weighted by molar-refractivity contribution is 6.30. The molecule has 2 N–H and O–H groups in total. The summed E-state index contributed by atoms with van der Waals surface area (Å²) in [6.07, 6.45) is 0. The van der Waals surface area contributed by atoms with Crippen molar-refractivity contribution in [3.63, 3.8) is 0 Å². The van der Waals surface area contributed by atoms with E-state index in [2.05, 4.69) is 4.74 Å². The molecule has 86 valence electrons. The van der Waals surface area contributed by atoms with Gasteiger partial charge in [-0.25, -0.2) is 4.79 Å². The number of hydrogen-bond acceptors (Lipinski definition) is 4. The van der Waals surface area contributed by atoms with Crippen LogP contribution < -0.4 is 10.5 Å². The van der Waals surface area contributed by atoms with Crippen LogP contribution >= 0.6 is 11.6 Å². The lowest BCUT2D eigenvalue weighted by atomic mass is 10.3. The molecule has 0 saturated carbocycles. The summed E-state index contributed by atoms with van der Waals surface area (Å²) in [6.45, 7) is -0.724. The van der Waals surface area contributed by atoms with E-state index >= 15 is 0 Å². The van der Waals surface area contributed by atoms with Crippen molar-refractivity contribution in [1.29, 1.82) is 0 Å². The Hall–Kier alpha value is -1.75. The molecule has 6 heteroatoms. The molecule has 1 amide bonds. The molecule has 1 aromatic rings. The van der Waals surface area contributed by atoms with E-state index in [-0.39, 0.29) is 6.61 Å². The zero-order valence-corrected chi connectivity index (χ0v) is 9.07. The van der Waals surface area contributed by atoms with Gasteiger partial charge in [0, 0.05) is 5.02 Å². The summed E-state index contributed by atoms with van der Waals surface area (Å²) in [5.74, 6) is -0.881. The maximum absolute atomic E-state index is 11.0. The van der Waals surface area contributed by atoms with E-state index in [4.69, 9.17) is 22.1 Å². The van der Waals surface area contributed by atoms with E-state index in [9.17, 15) is 9.59 Å². The first-order valence-electron chi connectivity index (χ1n) is 4.40. The molecular weight excluding hydrogens is 234 g/mol. The van der Waals surface area contributed by atoms with Gasteiger partial charge in [-0.15, -0.1) is 0 Å². The smallest absolute Gasteiger partial charge is 0.344 e. The molecule has 0 radical (unpaired) electrons. The third kappa shape index (κ3) is 4.65. The van der Waals surface area contributed by atoms with Crippen molar-refractivity contribution in [3.05, 3.63) is 29.3 Å².